The Hall–Kier alpha value is -1.02. The molecule has 2 nitrogen and oxygen atoms in total. The van der Waals surface area contributed by atoms with Gasteiger partial charge in [0.05, 0.1) is 0 Å². The highest BCUT2D eigenvalue weighted by atomic mass is 15.1. The molecule has 1 aliphatic carbocycles. The molecule has 1 saturated carbocycles. The van der Waals surface area contributed by atoms with Gasteiger partial charge in [0.25, 0.3) is 0 Å². The zero-order valence-corrected chi connectivity index (χ0v) is 12.4. The van der Waals surface area contributed by atoms with Crippen LogP contribution in [0.5, 0.6) is 0 Å². The van der Waals surface area contributed by atoms with Gasteiger partial charge >= 0.3 is 0 Å². The Labute approximate surface area is 111 Å². The maximum Gasteiger partial charge on any atom is 0.0423 e. The average molecular weight is 246 g/mol. The van der Waals surface area contributed by atoms with Crippen LogP contribution in [-0.4, -0.2) is 27.2 Å². The quantitative estimate of drug-likeness (QED) is 0.859. The predicted molar refractivity (Wildman–Crippen MR) is 79.5 cm³/mol. The van der Waals surface area contributed by atoms with E-state index in [9.17, 15) is 0 Å². The summed E-state index contributed by atoms with van der Waals surface area (Å²) in [5.41, 5.74) is 6.10. The molecule has 0 saturated heterocycles. The van der Waals surface area contributed by atoms with E-state index < -0.39 is 0 Å². The van der Waals surface area contributed by atoms with Crippen molar-refractivity contribution in [3.05, 3.63) is 28.8 Å². The molecule has 1 fully saturated rings. The van der Waals surface area contributed by atoms with Crippen molar-refractivity contribution in [2.45, 2.75) is 33.6 Å². The first-order valence-electron chi connectivity index (χ1n) is 6.91. The number of benzene rings is 1. The van der Waals surface area contributed by atoms with Crippen molar-refractivity contribution in [2.75, 3.05) is 32.1 Å². The third-order valence-corrected chi connectivity index (χ3v) is 4.10. The molecule has 0 unspecified atom stereocenters. The molecule has 18 heavy (non-hydrogen) atoms. The van der Waals surface area contributed by atoms with Crippen LogP contribution < -0.4 is 10.2 Å². The smallest absolute Gasteiger partial charge is 0.0423 e. The Morgan fingerprint density at radius 2 is 1.72 bits per heavy atom. The molecule has 0 atom stereocenters. The monoisotopic (exact) mass is 246 g/mol. The van der Waals surface area contributed by atoms with Crippen LogP contribution in [0.15, 0.2) is 12.1 Å². The summed E-state index contributed by atoms with van der Waals surface area (Å²) in [7, 11) is 4.29. The minimum atomic E-state index is 0.521. The summed E-state index contributed by atoms with van der Waals surface area (Å²) < 4.78 is 0. The summed E-state index contributed by atoms with van der Waals surface area (Å²) in [6.07, 6.45) is 2.73. The molecule has 1 aromatic rings. The number of nitrogens with one attached hydrogen (secondary N) is 1. The number of anilines is 1. The van der Waals surface area contributed by atoms with Crippen molar-refractivity contribution in [1.82, 2.24) is 5.32 Å². The van der Waals surface area contributed by atoms with Crippen molar-refractivity contribution < 1.29 is 0 Å². The van der Waals surface area contributed by atoms with E-state index in [2.05, 4.69) is 57.2 Å². The lowest BCUT2D eigenvalue weighted by molar-refractivity contribution is 0.482. The van der Waals surface area contributed by atoms with Gasteiger partial charge in [-0.2, -0.15) is 0 Å². The van der Waals surface area contributed by atoms with Crippen LogP contribution in [-0.2, 0) is 0 Å². The predicted octanol–water partition coefficient (Wildman–Crippen LogP) is 3.05. The van der Waals surface area contributed by atoms with Gasteiger partial charge in [-0.3, -0.25) is 0 Å². The van der Waals surface area contributed by atoms with Crippen LogP contribution in [0.2, 0.25) is 0 Å². The molecule has 100 valence electrons. The molecule has 0 bridgehead atoms. The molecule has 0 aliphatic heterocycles. The summed E-state index contributed by atoms with van der Waals surface area (Å²) in [4.78, 5) is 2.45. The summed E-state index contributed by atoms with van der Waals surface area (Å²) in [6, 6.07) is 4.58. The zero-order valence-electron chi connectivity index (χ0n) is 12.4. The molecular weight excluding hydrogens is 220 g/mol. The van der Waals surface area contributed by atoms with Crippen LogP contribution in [0.4, 0.5) is 5.69 Å². The van der Waals surface area contributed by atoms with Crippen molar-refractivity contribution in [2.24, 2.45) is 5.41 Å². The lowest BCUT2D eigenvalue weighted by atomic mass is 10.0. The number of hydrogen-bond acceptors (Lipinski definition) is 2. The van der Waals surface area contributed by atoms with E-state index in [1.165, 1.54) is 41.8 Å². The van der Waals surface area contributed by atoms with Crippen LogP contribution in [0.25, 0.3) is 0 Å². The minimum absolute atomic E-state index is 0.521. The standard InChI is InChI=1S/C16H26N2/c1-12-8-13(2)15(14(3)9-12)18(5)11-16(6-7-16)10-17-4/h8-9,17H,6-7,10-11H2,1-5H3. The van der Waals surface area contributed by atoms with Crippen LogP contribution in [0.1, 0.15) is 29.5 Å². The number of nitrogens with zero attached hydrogens (tertiary/aromatic N) is 1. The molecule has 2 rings (SSSR count). The van der Waals surface area contributed by atoms with Gasteiger partial charge in [0.15, 0.2) is 0 Å². The fourth-order valence-corrected chi connectivity index (χ4v) is 3.30. The van der Waals surface area contributed by atoms with E-state index in [4.69, 9.17) is 0 Å². The second kappa shape index (κ2) is 4.93. The maximum absolute atomic E-state index is 3.34. The van der Waals surface area contributed by atoms with Gasteiger partial charge in [0, 0.05) is 31.2 Å². The Morgan fingerprint density at radius 3 is 2.17 bits per heavy atom. The van der Waals surface area contributed by atoms with Crippen LogP contribution in [0, 0.1) is 26.2 Å². The van der Waals surface area contributed by atoms with Crippen molar-refractivity contribution in [1.29, 1.82) is 0 Å². The molecule has 2 heteroatoms. The first-order valence-corrected chi connectivity index (χ1v) is 6.91. The van der Waals surface area contributed by atoms with E-state index in [0.29, 0.717) is 5.41 Å². The van der Waals surface area contributed by atoms with E-state index in [0.717, 1.165) is 6.54 Å². The fourth-order valence-electron chi connectivity index (χ4n) is 3.30. The van der Waals surface area contributed by atoms with Crippen LogP contribution >= 0.6 is 0 Å². The second-order valence-corrected chi connectivity index (χ2v) is 6.13. The molecule has 0 heterocycles. The molecule has 0 spiro atoms. The maximum atomic E-state index is 3.34. The fraction of sp³-hybridized carbons (Fsp3) is 0.625. The largest absolute Gasteiger partial charge is 0.374 e. The van der Waals surface area contributed by atoms with E-state index in [1.54, 1.807) is 0 Å². The van der Waals surface area contributed by atoms with Gasteiger partial charge in [-0.05, 0) is 51.8 Å². The Balaban J connectivity index is 2.16. The average Bonchev–Trinajstić information content (AvgIpc) is 2.96. The van der Waals surface area contributed by atoms with Gasteiger partial charge in [-0.1, -0.05) is 17.7 Å². The first-order chi connectivity index (χ1) is 8.47. The number of hydrogen-bond donors (Lipinski definition) is 1. The number of aryl methyl sites for hydroxylation is 3. The third-order valence-electron chi connectivity index (χ3n) is 4.10. The van der Waals surface area contributed by atoms with E-state index in [-0.39, 0.29) is 0 Å². The SMILES string of the molecule is CNCC1(CN(C)c2c(C)cc(C)cc2C)CC1. The van der Waals surface area contributed by atoms with Gasteiger partial charge in [0.1, 0.15) is 0 Å². The summed E-state index contributed by atoms with van der Waals surface area (Å²) in [5.74, 6) is 0. The summed E-state index contributed by atoms with van der Waals surface area (Å²) in [5, 5.41) is 3.34. The molecule has 0 amide bonds. The van der Waals surface area contributed by atoms with Crippen molar-refractivity contribution in [3.8, 4) is 0 Å². The minimum Gasteiger partial charge on any atom is -0.374 e. The van der Waals surface area contributed by atoms with Gasteiger partial charge in [-0.25, -0.2) is 0 Å². The lowest BCUT2D eigenvalue weighted by Gasteiger charge is -2.28. The highest BCUT2D eigenvalue weighted by Crippen LogP contribution is 2.46. The van der Waals surface area contributed by atoms with Gasteiger partial charge in [0.2, 0.25) is 0 Å². The topological polar surface area (TPSA) is 15.3 Å². The summed E-state index contributed by atoms with van der Waals surface area (Å²) >= 11 is 0. The van der Waals surface area contributed by atoms with Gasteiger partial charge < -0.3 is 10.2 Å². The second-order valence-electron chi connectivity index (χ2n) is 6.13. The van der Waals surface area contributed by atoms with E-state index in [1.807, 2.05) is 0 Å². The highest BCUT2D eigenvalue weighted by molar-refractivity contribution is 5.60. The summed E-state index contributed by atoms with van der Waals surface area (Å²) in [6.45, 7) is 8.93. The molecule has 1 N–H and O–H groups in total. The Bertz CT molecular complexity index is 410. The molecule has 0 radical (unpaired) electrons. The van der Waals surface area contributed by atoms with Crippen molar-refractivity contribution >= 4 is 5.69 Å². The molecular formula is C16H26N2. The zero-order chi connectivity index (χ0) is 13.3. The Kier molecular flexibility index (Phi) is 3.67. The van der Waals surface area contributed by atoms with Crippen molar-refractivity contribution in [3.63, 3.8) is 0 Å². The normalized spacial score (nSPS) is 16.7. The van der Waals surface area contributed by atoms with Crippen LogP contribution in [0.3, 0.4) is 0 Å². The van der Waals surface area contributed by atoms with E-state index >= 15 is 0 Å². The molecule has 1 aromatic carbocycles. The molecule has 0 aromatic heterocycles. The lowest BCUT2D eigenvalue weighted by Crippen LogP contribution is -2.33. The highest BCUT2D eigenvalue weighted by Gasteiger charge is 2.42. The first kappa shape index (κ1) is 13.4. The third kappa shape index (κ3) is 2.69. The Morgan fingerprint density at radius 1 is 1.17 bits per heavy atom. The van der Waals surface area contributed by atoms with Gasteiger partial charge in [-0.15, -0.1) is 0 Å². The molecule has 1 aliphatic rings. The number of rotatable bonds is 5.